The van der Waals surface area contributed by atoms with Crippen molar-refractivity contribution < 1.29 is 14.3 Å². The molecule has 21 heavy (non-hydrogen) atoms. The molecule has 0 radical (unpaired) electrons. The number of aryl methyl sites for hydroxylation is 1. The highest BCUT2D eigenvalue weighted by Crippen LogP contribution is 2.28. The van der Waals surface area contributed by atoms with Crippen LogP contribution in [-0.4, -0.2) is 31.7 Å². The number of primary amides is 1. The largest absolute Gasteiger partial charge is 0.493 e. The van der Waals surface area contributed by atoms with Crippen LogP contribution >= 0.6 is 0 Å². The number of ether oxygens (including phenoxy) is 2. The fraction of sp³-hybridized carbons (Fsp3) is 0.562. The minimum atomic E-state index is -0.759. The zero-order chi connectivity index (χ0) is 15.9. The van der Waals surface area contributed by atoms with Crippen LogP contribution in [0.25, 0.3) is 0 Å². The topological polar surface area (TPSA) is 73.6 Å². The highest BCUT2D eigenvalue weighted by molar-refractivity contribution is 5.84. The van der Waals surface area contributed by atoms with Gasteiger partial charge in [-0.2, -0.15) is 0 Å². The molecule has 1 aromatic rings. The first-order chi connectivity index (χ1) is 9.96. The van der Waals surface area contributed by atoms with Crippen molar-refractivity contribution in [1.82, 2.24) is 5.32 Å². The number of carbonyl (C=O) groups is 1. The molecule has 5 nitrogen and oxygen atoms in total. The predicted octanol–water partition coefficient (Wildman–Crippen LogP) is 1.88. The van der Waals surface area contributed by atoms with Crippen molar-refractivity contribution in [3.8, 4) is 11.5 Å². The molecule has 0 heterocycles. The molecule has 1 aromatic carbocycles. The lowest BCUT2D eigenvalue weighted by Crippen LogP contribution is -2.53. The Hall–Kier alpha value is -1.75. The second-order valence-corrected chi connectivity index (χ2v) is 5.16. The van der Waals surface area contributed by atoms with Gasteiger partial charge in [0.05, 0.1) is 19.3 Å². The number of hydrogen-bond acceptors (Lipinski definition) is 4. The Balaban J connectivity index is 2.69. The van der Waals surface area contributed by atoms with Crippen LogP contribution in [0.3, 0.4) is 0 Å². The van der Waals surface area contributed by atoms with Crippen LogP contribution in [0.5, 0.6) is 11.5 Å². The Kier molecular flexibility index (Phi) is 6.49. The van der Waals surface area contributed by atoms with E-state index < -0.39 is 5.54 Å². The number of nitrogens with two attached hydrogens (primary N) is 1. The third-order valence-corrected chi connectivity index (χ3v) is 3.61. The number of methoxy groups -OCH3 is 1. The zero-order valence-electron chi connectivity index (χ0n) is 13.4. The predicted molar refractivity (Wildman–Crippen MR) is 83.8 cm³/mol. The molecule has 0 aliphatic rings. The summed E-state index contributed by atoms with van der Waals surface area (Å²) in [6, 6.07) is 5.87. The second-order valence-electron chi connectivity index (χ2n) is 5.16. The van der Waals surface area contributed by atoms with Crippen LogP contribution < -0.4 is 20.5 Å². The fourth-order valence-electron chi connectivity index (χ4n) is 2.11. The molecule has 118 valence electrons. The van der Waals surface area contributed by atoms with Gasteiger partial charge in [-0.25, -0.2) is 0 Å². The Bertz CT molecular complexity index is 477. The molecule has 0 spiro atoms. The molecular weight excluding hydrogens is 268 g/mol. The third kappa shape index (κ3) is 4.63. The van der Waals surface area contributed by atoms with E-state index in [-0.39, 0.29) is 5.91 Å². The average Bonchev–Trinajstić information content (AvgIpc) is 2.47. The van der Waals surface area contributed by atoms with Crippen LogP contribution in [0, 0.1) is 0 Å². The van der Waals surface area contributed by atoms with E-state index in [9.17, 15) is 4.79 Å². The summed E-state index contributed by atoms with van der Waals surface area (Å²) >= 11 is 0. The maximum Gasteiger partial charge on any atom is 0.237 e. The second kappa shape index (κ2) is 7.88. The van der Waals surface area contributed by atoms with Crippen molar-refractivity contribution >= 4 is 5.91 Å². The summed E-state index contributed by atoms with van der Waals surface area (Å²) in [4.78, 5) is 11.5. The van der Waals surface area contributed by atoms with Crippen molar-refractivity contribution in [3.63, 3.8) is 0 Å². The molecule has 0 bridgehead atoms. The molecule has 0 saturated carbocycles. The zero-order valence-corrected chi connectivity index (χ0v) is 13.4. The van der Waals surface area contributed by atoms with E-state index >= 15 is 0 Å². The normalized spacial score (nSPS) is 13.5. The van der Waals surface area contributed by atoms with Crippen LogP contribution in [0.15, 0.2) is 18.2 Å². The summed E-state index contributed by atoms with van der Waals surface area (Å²) in [5.74, 6) is 1.01. The van der Waals surface area contributed by atoms with Crippen molar-refractivity contribution in [2.75, 3.05) is 20.3 Å². The maximum atomic E-state index is 11.5. The molecule has 1 amide bonds. The summed E-state index contributed by atoms with van der Waals surface area (Å²) in [5, 5.41) is 3.11. The third-order valence-electron chi connectivity index (χ3n) is 3.61. The molecule has 5 heteroatoms. The van der Waals surface area contributed by atoms with E-state index in [2.05, 4.69) is 12.2 Å². The number of benzene rings is 1. The standard InChI is InChI=1S/C16H26N2O3/c1-5-12-7-8-13(14(11-12)20-4)21-10-9-16(3,15(17)19)18-6-2/h7-8,11,18H,5-6,9-10H2,1-4H3,(H2,17,19). The molecule has 1 atom stereocenters. The van der Waals surface area contributed by atoms with Gasteiger partial charge in [0.2, 0.25) is 5.91 Å². The van der Waals surface area contributed by atoms with E-state index in [4.69, 9.17) is 15.2 Å². The van der Waals surface area contributed by atoms with Gasteiger partial charge < -0.3 is 20.5 Å². The summed E-state index contributed by atoms with van der Waals surface area (Å²) in [7, 11) is 1.62. The molecule has 1 unspecified atom stereocenters. The van der Waals surface area contributed by atoms with Crippen LogP contribution in [0.2, 0.25) is 0 Å². The molecule has 0 fully saturated rings. The number of amides is 1. The number of hydrogen-bond donors (Lipinski definition) is 2. The molecule has 0 aliphatic heterocycles. The van der Waals surface area contributed by atoms with E-state index in [0.29, 0.717) is 31.1 Å². The molecule has 0 saturated heterocycles. The van der Waals surface area contributed by atoms with Gasteiger partial charge in [0.15, 0.2) is 11.5 Å². The van der Waals surface area contributed by atoms with Gasteiger partial charge in [-0.15, -0.1) is 0 Å². The van der Waals surface area contributed by atoms with Crippen LogP contribution in [-0.2, 0) is 11.2 Å². The number of nitrogens with one attached hydrogen (secondary N) is 1. The summed E-state index contributed by atoms with van der Waals surface area (Å²) in [6.07, 6.45) is 1.44. The Labute approximate surface area is 126 Å². The van der Waals surface area contributed by atoms with Gasteiger partial charge in [-0.3, -0.25) is 4.79 Å². The highest BCUT2D eigenvalue weighted by atomic mass is 16.5. The van der Waals surface area contributed by atoms with Gasteiger partial charge in [0.25, 0.3) is 0 Å². The molecule has 3 N–H and O–H groups in total. The lowest BCUT2D eigenvalue weighted by molar-refractivity contribution is -0.124. The monoisotopic (exact) mass is 294 g/mol. The highest BCUT2D eigenvalue weighted by Gasteiger charge is 2.29. The van der Waals surface area contributed by atoms with E-state index in [1.54, 1.807) is 14.0 Å². The van der Waals surface area contributed by atoms with Gasteiger partial charge in [0.1, 0.15) is 0 Å². The first kappa shape index (κ1) is 17.3. The minimum Gasteiger partial charge on any atom is -0.493 e. The summed E-state index contributed by atoms with van der Waals surface area (Å²) < 4.78 is 11.1. The smallest absolute Gasteiger partial charge is 0.237 e. The quantitative estimate of drug-likeness (QED) is 0.729. The Morgan fingerprint density at radius 2 is 2.05 bits per heavy atom. The lowest BCUT2D eigenvalue weighted by Gasteiger charge is -2.27. The Morgan fingerprint density at radius 3 is 2.57 bits per heavy atom. The van der Waals surface area contributed by atoms with Crippen molar-refractivity contribution in [2.24, 2.45) is 5.73 Å². The van der Waals surface area contributed by atoms with Crippen molar-refractivity contribution in [2.45, 2.75) is 39.2 Å². The number of rotatable bonds is 9. The van der Waals surface area contributed by atoms with Gasteiger partial charge >= 0.3 is 0 Å². The lowest BCUT2D eigenvalue weighted by atomic mass is 9.97. The van der Waals surface area contributed by atoms with Gasteiger partial charge in [-0.05, 0) is 37.6 Å². The van der Waals surface area contributed by atoms with E-state index in [1.807, 2.05) is 25.1 Å². The SMILES string of the molecule is CCNC(C)(CCOc1ccc(CC)cc1OC)C(N)=O. The Morgan fingerprint density at radius 1 is 1.33 bits per heavy atom. The van der Waals surface area contributed by atoms with Gasteiger partial charge in [-0.1, -0.05) is 19.9 Å². The molecule has 1 rings (SSSR count). The van der Waals surface area contributed by atoms with Gasteiger partial charge in [0, 0.05) is 6.42 Å². The maximum absolute atomic E-state index is 11.5. The number of carbonyl (C=O) groups excluding carboxylic acids is 1. The van der Waals surface area contributed by atoms with Crippen LogP contribution in [0.4, 0.5) is 0 Å². The summed E-state index contributed by atoms with van der Waals surface area (Å²) in [5.41, 5.74) is 5.88. The first-order valence-electron chi connectivity index (χ1n) is 7.31. The minimum absolute atomic E-state index is 0.374. The molecule has 0 aromatic heterocycles. The van der Waals surface area contributed by atoms with Crippen molar-refractivity contribution in [3.05, 3.63) is 23.8 Å². The van der Waals surface area contributed by atoms with Crippen LogP contribution in [0.1, 0.15) is 32.8 Å². The molecular formula is C16H26N2O3. The summed E-state index contributed by atoms with van der Waals surface area (Å²) in [6.45, 7) is 6.88. The van der Waals surface area contributed by atoms with E-state index in [0.717, 1.165) is 6.42 Å². The fourth-order valence-corrected chi connectivity index (χ4v) is 2.11. The van der Waals surface area contributed by atoms with E-state index in [1.165, 1.54) is 5.56 Å². The molecule has 0 aliphatic carbocycles. The number of likely N-dealkylation sites (N-methyl/N-ethyl adjacent to an activating group) is 1. The average molecular weight is 294 g/mol. The first-order valence-corrected chi connectivity index (χ1v) is 7.31. The van der Waals surface area contributed by atoms with Crippen molar-refractivity contribution in [1.29, 1.82) is 0 Å².